The molecule has 1 aliphatic rings. The minimum Gasteiger partial charge on any atom is -0.379 e. The molecule has 69 valence electrons. The van der Waals surface area contributed by atoms with E-state index in [2.05, 4.69) is 25.7 Å². The number of anilines is 1. The van der Waals surface area contributed by atoms with Crippen molar-refractivity contribution in [1.29, 1.82) is 0 Å². The van der Waals surface area contributed by atoms with Gasteiger partial charge in [0.25, 0.3) is 0 Å². The fourth-order valence-electron chi connectivity index (χ4n) is 1.66. The van der Waals surface area contributed by atoms with Crippen molar-refractivity contribution >= 4 is 17.3 Å². The summed E-state index contributed by atoms with van der Waals surface area (Å²) in [6.07, 6.45) is 1.05. The van der Waals surface area contributed by atoms with E-state index in [0.717, 1.165) is 11.4 Å². The van der Waals surface area contributed by atoms with Gasteiger partial charge in [0.05, 0.1) is 6.54 Å². The van der Waals surface area contributed by atoms with Crippen molar-refractivity contribution in [2.45, 2.75) is 20.3 Å². The molecule has 0 saturated carbocycles. The largest absolute Gasteiger partial charge is 0.379 e. The Morgan fingerprint density at radius 1 is 1.38 bits per heavy atom. The normalized spacial score (nSPS) is 19.0. The van der Waals surface area contributed by atoms with E-state index in [1.165, 1.54) is 11.3 Å². The monoisotopic (exact) mass is 194 g/mol. The lowest BCUT2D eigenvalue weighted by Crippen LogP contribution is -2.25. The zero-order chi connectivity index (χ0) is 9.47. The van der Waals surface area contributed by atoms with E-state index in [9.17, 15) is 0 Å². The quantitative estimate of drug-likeness (QED) is 0.667. The van der Waals surface area contributed by atoms with Crippen LogP contribution in [-0.2, 0) is 6.42 Å². The number of fused-ring (bicyclic) bond motifs is 1. The molecule has 2 heteroatoms. The van der Waals surface area contributed by atoms with Gasteiger partial charge in [-0.15, -0.1) is 0 Å². The fraction of sp³-hybridized carbons (Fsp3) is 0.364. The van der Waals surface area contributed by atoms with Gasteiger partial charge >= 0.3 is 0 Å². The van der Waals surface area contributed by atoms with Gasteiger partial charge in [-0.25, -0.2) is 0 Å². The molecule has 2 rings (SSSR count). The standard InChI is InChI=1S/C11H13ClN/c1-11(2)6-8-5-9(12)3-4-10(8)13-7-11/h3-5,7,13H,6H2,1-2H3. The van der Waals surface area contributed by atoms with Gasteiger partial charge in [0.1, 0.15) is 0 Å². The Bertz CT molecular complexity index is 331. The van der Waals surface area contributed by atoms with Crippen LogP contribution in [0.1, 0.15) is 19.4 Å². The molecule has 0 aliphatic carbocycles. The Balaban J connectivity index is 2.38. The van der Waals surface area contributed by atoms with Crippen LogP contribution in [0.15, 0.2) is 18.2 Å². The summed E-state index contributed by atoms with van der Waals surface area (Å²) in [5, 5.41) is 4.11. The minimum absolute atomic E-state index is 0.220. The van der Waals surface area contributed by atoms with Gasteiger partial charge < -0.3 is 5.32 Å². The van der Waals surface area contributed by atoms with E-state index in [1.54, 1.807) is 0 Å². The second-order valence-corrected chi connectivity index (χ2v) is 4.69. The molecule has 0 unspecified atom stereocenters. The van der Waals surface area contributed by atoms with Gasteiger partial charge in [-0.2, -0.15) is 0 Å². The Labute approximate surface area is 84.1 Å². The highest BCUT2D eigenvalue weighted by atomic mass is 35.5. The summed E-state index contributed by atoms with van der Waals surface area (Å²) in [5.74, 6) is 0. The molecule has 1 heterocycles. The van der Waals surface area contributed by atoms with E-state index in [0.29, 0.717) is 0 Å². The number of hydrogen-bond acceptors (Lipinski definition) is 1. The lowest BCUT2D eigenvalue weighted by molar-refractivity contribution is 0.430. The molecule has 0 spiro atoms. The molecular weight excluding hydrogens is 182 g/mol. The lowest BCUT2D eigenvalue weighted by Gasteiger charge is -2.31. The first-order valence-electron chi connectivity index (χ1n) is 4.46. The van der Waals surface area contributed by atoms with Crippen molar-refractivity contribution < 1.29 is 0 Å². The number of halogens is 1. The zero-order valence-electron chi connectivity index (χ0n) is 7.89. The van der Waals surface area contributed by atoms with Crippen LogP contribution >= 0.6 is 11.6 Å². The Morgan fingerprint density at radius 3 is 2.92 bits per heavy atom. The topological polar surface area (TPSA) is 12.0 Å². The van der Waals surface area contributed by atoms with Crippen LogP contribution in [0.4, 0.5) is 5.69 Å². The van der Waals surface area contributed by atoms with Crippen LogP contribution in [0, 0.1) is 12.0 Å². The van der Waals surface area contributed by atoms with E-state index >= 15 is 0 Å². The molecule has 1 nitrogen and oxygen atoms in total. The van der Waals surface area contributed by atoms with E-state index in [1.807, 2.05) is 18.2 Å². The van der Waals surface area contributed by atoms with Crippen molar-refractivity contribution in [3.8, 4) is 0 Å². The van der Waals surface area contributed by atoms with E-state index in [-0.39, 0.29) is 5.41 Å². The lowest BCUT2D eigenvalue weighted by atomic mass is 9.82. The highest BCUT2D eigenvalue weighted by molar-refractivity contribution is 6.30. The summed E-state index contributed by atoms with van der Waals surface area (Å²) in [5.41, 5.74) is 2.71. The van der Waals surface area contributed by atoms with Crippen LogP contribution in [0.2, 0.25) is 5.02 Å². The Morgan fingerprint density at radius 2 is 2.15 bits per heavy atom. The van der Waals surface area contributed by atoms with Gasteiger partial charge in [0.2, 0.25) is 0 Å². The molecular formula is C11H13ClN. The molecule has 0 bridgehead atoms. The fourth-order valence-corrected chi connectivity index (χ4v) is 1.86. The third-order valence-electron chi connectivity index (χ3n) is 2.33. The molecule has 0 aromatic heterocycles. The molecule has 0 atom stereocenters. The first kappa shape index (κ1) is 8.89. The maximum absolute atomic E-state index is 5.93. The summed E-state index contributed by atoms with van der Waals surface area (Å²) in [6, 6.07) is 5.99. The second-order valence-electron chi connectivity index (χ2n) is 4.26. The van der Waals surface area contributed by atoms with Gasteiger partial charge in [-0.05, 0) is 35.6 Å². The number of benzene rings is 1. The smallest absolute Gasteiger partial charge is 0.0522 e. The Kier molecular flexibility index (Phi) is 1.99. The average molecular weight is 195 g/mol. The summed E-state index contributed by atoms with van der Waals surface area (Å²) in [4.78, 5) is 0. The first-order valence-corrected chi connectivity index (χ1v) is 4.84. The second kappa shape index (κ2) is 2.91. The molecule has 13 heavy (non-hydrogen) atoms. The van der Waals surface area contributed by atoms with Crippen molar-refractivity contribution in [2.75, 3.05) is 5.32 Å². The molecule has 0 amide bonds. The predicted octanol–water partition coefficient (Wildman–Crippen LogP) is 3.50. The molecule has 1 aromatic rings. The molecule has 0 fully saturated rings. The summed E-state index contributed by atoms with van der Waals surface area (Å²) in [6.45, 7) is 6.57. The molecule has 1 aromatic carbocycles. The van der Waals surface area contributed by atoms with Crippen LogP contribution in [0.5, 0.6) is 0 Å². The van der Waals surface area contributed by atoms with Crippen molar-refractivity contribution in [3.63, 3.8) is 0 Å². The van der Waals surface area contributed by atoms with Crippen molar-refractivity contribution in [3.05, 3.63) is 35.3 Å². The number of hydrogen-bond donors (Lipinski definition) is 1. The third kappa shape index (κ3) is 1.80. The van der Waals surface area contributed by atoms with Crippen LogP contribution in [0.3, 0.4) is 0 Å². The molecule has 0 saturated heterocycles. The minimum atomic E-state index is 0.220. The van der Waals surface area contributed by atoms with Crippen LogP contribution < -0.4 is 5.32 Å². The molecule has 1 N–H and O–H groups in total. The predicted molar refractivity (Wildman–Crippen MR) is 56.9 cm³/mol. The highest BCUT2D eigenvalue weighted by Gasteiger charge is 2.25. The summed E-state index contributed by atoms with van der Waals surface area (Å²) < 4.78 is 0. The average Bonchev–Trinajstić information content (AvgIpc) is 2.01. The van der Waals surface area contributed by atoms with E-state index < -0.39 is 0 Å². The zero-order valence-corrected chi connectivity index (χ0v) is 8.65. The van der Waals surface area contributed by atoms with E-state index in [4.69, 9.17) is 11.6 Å². The number of rotatable bonds is 0. The van der Waals surface area contributed by atoms with Crippen LogP contribution in [0.25, 0.3) is 0 Å². The SMILES string of the molecule is CC1(C)[CH]Nc2ccc(Cl)cc2C1. The highest BCUT2D eigenvalue weighted by Crippen LogP contribution is 2.35. The van der Waals surface area contributed by atoms with Crippen molar-refractivity contribution in [2.24, 2.45) is 5.41 Å². The van der Waals surface area contributed by atoms with Crippen molar-refractivity contribution in [1.82, 2.24) is 0 Å². The van der Waals surface area contributed by atoms with Gasteiger partial charge in [0, 0.05) is 10.7 Å². The number of nitrogens with one attached hydrogen (secondary N) is 1. The first-order chi connectivity index (χ1) is 6.07. The molecule has 1 aliphatic heterocycles. The summed E-state index contributed by atoms with van der Waals surface area (Å²) >= 11 is 5.93. The molecule has 1 radical (unpaired) electrons. The van der Waals surface area contributed by atoms with Gasteiger partial charge in [-0.3, -0.25) is 0 Å². The maximum atomic E-state index is 5.93. The Hall–Kier alpha value is -0.690. The maximum Gasteiger partial charge on any atom is 0.0522 e. The van der Waals surface area contributed by atoms with Gasteiger partial charge in [0.15, 0.2) is 0 Å². The van der Waals surface area contributed by atoms with Crippen LogP contribution in [-0.4, -0.2) is 0 Å². The summed E-state index contributed by atoms with van der Waals surface area (Å²) in [7, 11) is 0. The van der Waals surface area contributed by atoms with Gasteiger partial charge in [-0.1, -0.05) is 25.4 Å². The third-order valence-corrected chi connectivity index (χ3v) is 2.57.